The largest absolute Gasteiger partial charge is 0.322 e. The zero-order chi connectivity index (χ0) is 23.5. The van der Waals surface area contributed by atoms with Crippen molar-refractivity contribution in [3.63, 3.8) is 0 Å². The SMILES string of the molecule is Cc1c(NC(=O)/C=C/c2cn(-c3ccccc3)nc2-c2cccs2)cccc1N1CCCC1=O. The van der Waals surface area contributed by atoms with Gasteiger partial charge in [0, 0.05) is 42.2 Å². The van der Waals surface area contributed by atoms with E-state index in [-0.39, 0.29) is 11.8 Å². The van der Waals surface area contributed by atoms with Gasteiger partial charge in [-0.3, -0.25) is 9.59 Å². The van der Waals surface area contributed by atoms with Crippen molar-refractivity contribution in [2.75, 3.05) is 16.8 Å². The maximum Gasteiger partial charge on any atom is 0.248 e. The van der Waals surface area contributed by atoms with E-state index in [1.54, 1.807) is 22.3 Å². The van der Waals surface area contributed by atoms with Gasteiger partial charge in [-0.25, -0.2) is 4.68 Å². The van der Waals surface area contributed by atoms with E-state index in [1.165, 1.54) is 6.08 Å². The highest BCUT2D eigenvalue weighted by atomic mass is 32.1. The first-order valence-corrected chi connectivity index (χ1v) is 12.1. The molecule has 1 aliphatic rings. The molecule has 0 spiro atoms. The van der Waals surface area contributed by atoms with Crippen LogP contribution in [0.4, 0.5) is 11.4 Å². The zero-order valence-corrected chi connectivity index (χ0v) is 19.6. The third-order valence-corrected chi connectivity index (χ3v) is 6.74. The van der Waals surface area contributed by atoms with E-state index < -0.39 is 0 Å². The van der Waals surface area contributed by atoms with E-state index in [1.807, 2.05) is 83.8 Å². The number of nitrogens with one attached hydrogen (secondary N) is 1. The molecule has 170 valence electrons. The number of amides is 2. The summed E-state index contributed by atoms with van der Waals surface area (Å²) in [5, 5.41) is 9.74. The van der Waals surface area contributed by atoms with E-state index in [0.717, 1.165) is 39.5 Å². The summed E-state index contributed by atoms with van der Waals surface area (Å²) in [6, 6.07) is 19.6. The molecule has 5 rings (SSSR count). The molecule has 1 aliphatic heterocycles. The first-order valence-electron chi connectivity index (χ1n) is 11.2. The van der Waals surface area contributed by atoms with Crippen LogP contribution in [-0.4, -0.2) is 28.1 Å². The van der Waals surface area contributed by atoms with Gasteiger partial charge in [-0.1, -0.05) is 30.3 Å². The molecule has 4 aromatic rings. The van der Waals surface area contributed by atoms with Crippen LogP contribution in [0.25, 0.3) is 22.3 Å². The Bertz CT molecular complexity index is 1360. The molecule has 0 saturated carbocycles. The van der Waals surface area contributed by atoms with Gasteiger partial charge in [-0.2, -0.15) is 5.10 Å². The van der Waals surface area contributed by atoms with Crippen molar-refractivity contribution in [3.8, 4) is 16.3 Å². The Balaban J connectivity index is 1.39. The number of para-hydroxylation sites is 1. The van der Waals surface area contributed by atoms with Gasteiger partial charge in [-0.15, -0.1) is 11.3 Å². The number of carbonyl (C=O) groups excluding carboxylic acids is 2. The average molecular weight is 469 g/mol. The lowest BCUT2D eigenvalue weighted by molar-refractivity contribution is -0.117. The Morgan fingerprint density at radius 3 is 2.68 bits per heavy atom. The Kier molecular flexibility index (Phi) is 6.10. The molecule has 6 nitrogen and oxygen atoms in total. The fourth-order valence-electron chi connectivity index (χ4n) is 4.12. The fourth-order valence-corrected chi connectivity index (χ4v) is 4.85. The summed E-state index contributed by atoms with van der Waals surface area (Å²) in [6.07, 6.45) is 6.68. The first kappa shape index (κ1) is 21.9. The quantitative estimate of drug-likeness (QED) is 0.370. The molecule has 0 unspecified atom stereocenters. The lowest BCUT2D eigenvalue weighted by Crippen LogP contribution is -2.25. The van der Waals surface area contributed by atoms with E-state index in [0.29, 0.717) is 18.7 Å². The smallest absolute Gasteiger partial charge is 0.248 e. The highest BCUT2D eigenvalue weighted by Gasteiger charge is 2.23. The molecule has 1 saturated heterocycles. The maximum absolute atomic E-state index is 12.8. The molecular weight excluding hydrogens is 444 g/mol. The normalized spacial score (nSPS) is 13.7. The van der Waals surface area contributed by atoms with Crippen LogP contribution in [0.15, 0.2) is 78.3 Å². The van der Waals surface area contributed by atoms with E-state index in [4.69, 9.17) is 5.10 Å². The third-order valence-electron chi connectivity index (χ3n) is 5.86. The molecule has 2 amide bonds. The summed E-state index contributed by atoms with van der Waals surface area (Å²) < 4.78 is 1.83. The van der Waals surface area contributed by atoms with Crippen LogP contribution in [0, 0.1) is 6.92 Å². The minimum Gasteiger partial charge on any atom is -0.322 e. The van der Waals surface area contributed by atoms with Crippen molar-refractivity contribution in [1.29, 1.82) is 0 Å². The maximum atomic E-state index is 12.8. The summed E-state index contributed by atoms with van der Waals surface area (Å²) in [5.74, 6) is -0.111. The summed E-state index contributed by atoms with van der Waals surface area (Å²) >= 11 is 1.61. The summed E-state index contributed by atoms with van der Waals surface area (Å²) in [4.78, 5) is 27.8. The van der Waals surface area contributed by atoms with Crippen LogP contribution < -0.4 is 10.2 Å². The Morgan fingerprint density at radius 2 is 1.94 bits per heavy atom. The molecule has 7 heteroatoms. The molecule has 34 heavy (non-hydrogen) atoms. The predicted octanol–water partition coefficient (Wildman–Crippen LogP) is 5.69. The third kappa shape index (κ3) is 4.43. The topological polar surface area (TPSA) is 67.2 Å². The Labute approximate surface area is 202 Å². The van der Waals surface area contributed by atoms with Crippen molar-refractivity contribution in [2.45, 2.75) is 19.8 Å². The van der Waals surface area contributed by atoms with Gasteiger partial charge in [0.05, 0.1) is 10.6 Å². The molecule has 1 N–H and O–H groups in total. The van der Waals surface area contributed by atoms with Gasteiger partial charge >= 0.3 is 0 Å². The monoisotopic (exact) mass is 468 g/mol. The zero-order valence-electron chi connectivity index (χ0n) is 18.8. The second-order valence-corrected chi connectivity index (χ2v) is 9.06. The van der Waals surface area contributed by atoms with Crippen molar-refractivity contribution in [2.24, 2.45) is 0 Å². The predicted molar refractivity (Wildman–Crippen MR) is 137 cm³/mol. The van der Waals surface area contributed by atoms with Gasteiger partial charge in [-0.05, 0) is 60.7 Å². The van der Waals surface area contributed by atoms with Gasteiger partial charge in [0.25, 0.3) is 0 Å². The molecule has 0 aliphatic carbocycles. The summed E-state index contributed by atoms with van der Waals surface area (Å²) in [5.41, 5.74) is 5.07. The number of anilines is 2. The fraction of sp³-hybridized carbons (Fsp3) is 0.148. The highest BCUT2D eigenvalue weighted by Crippen LogP contribution is 2.31. The summed E-state index contributed by atoms with van der Waals surface area (Å²) in [7, 11) is 0. The number of aromatic nitrogens is 2. The molecule has 2 aromatic carbocycles. The van der Waals surface area contributed by atoms with Crippen LogP contribution in [0.3, 0.4) is 0 Å². The number of nitrogens with zero attached hydrogens (tertiary/aromatic N) is 3. The first-order chi connectivity index (χ1) is 16.6. The molecule has 0 bridgehead atoms. The van der Waals surface area contributed by atoms with Crippen LogP contribution in [0.2, 0.25) is 0 Å². The van der Waals surface area contributed by atoms with Crippen molar-refractivity contribution in [3.05, 3.63) is 89.4 Å². The highest BCUT2D eigenvalue weighted by molar-refractivity contribution is 7.13. The van der Waals surface area contributed by atoms with E-state index in [9.17, 15) is 9.59 Å². The second-order valence-electron chi connectivity index (χ2n) is 8.11. The Morgan fingerprint density at radius 1 is 1.09 bits per heavy atom. The number of hydrogen-bond acceptors (Lipinski definition) is 4. The van der Waals surface area contributed by atoms with Gasteiger partial charge < -0.3 is 10.2 Å². The molecule has 0 radical (unpaired) electrons. The number of thiophene rings is 1. The van der Waals surface area contributed by atoms with Gasteiger partial charge in [0.2, 0.25) is 11.8 Å². The molecule has 2 aromatic heterocycles. The number of benzene rings is 2. The van der Waals surface area contributed by atoms with Crippen LogP contribution in [0.5, 0.6) is 0 Å². The van der Waals surface area contributed by atoms with Gasteiger partial charge in [0.15, 0.2) is 0 Å². The van der Waals surface area contributed by atoms with Crippen molar-refractivity contribution in [1.82, 2.24) is 9.78 Å². The summed E-state index contributed by atoms with van der Waals surface area (Å²) in [6.45, 7) is 2.65. The van der Waals surface area contributed by atoms with Crippen LogP contribution in [0.1, 0.15) is 24.0 Å². The molecule has 3 heterocycles. The lowest BCUT2D eigenvalue weighted by Gasteiger charge is -2.20. The van der Waals surface area contributed by atoms with E-state index in [2.05, 4.69) is 5.32 Å². The standard InChI is InChI=1S/C27H24N4O2S/c1-19-22(10-5-11-23(19)30-16-6-13-26(30)33)28-25(32)15-14-20-18-31(21-8-3-2-4-9-21)29-27(20)24-12-7-17-34-24/h2-5,7-12,14-15,17-18H,6,13,16H2,1H3,(H,28,32)/b15-14+. The van der Waals surface area contributed by atoms with Crippen LogP contribution >= 0.6 is 11.3 Å². The number of hydrogen-bond donors (Lipinski definition) is 1. The average Bonchev–Trinajstić information content (AvgIpc) is 3.61. The molecular formula is C27H24N4O2S. The minimum atomic E-state index is -0.238. The molecule has 1 fully saturated rings. The van der Waals surface area contributed by atoms with Gasteiger partial charge in [0.1, 0.15) is 5.69 Å². The Hall–Kier alpha value is -3.97. The minimum absolute atomic E-state index is 0.128. The van der Waals surface area contributed by atoms with Crippen molar-refractivity contribution >= 4 is 40.6 Å². The van der Waals surface area contributed by atoms with Crippen LogP contribution in [-0.2, 0) is 9.59 Å². The number of rotatable bonds is 6. The lowest BCUT2D eigenvalue weighted by atomic mass is 10.1. The van der Waals surface area contributed by atoms with Crippen molar-refractivity contribution < 1.29 is 9.59 Å². The molecule has 0 atom stereocenters. The number of carbonyl (C=O) groups is 2. The second kappa shape index (κ2) is 9.49. The van der Waals surface area contributed by atoms with E-state index >= 15 is 0 Å².